The fourth-order valence-corrected chi connectivity index (χ4v) is 1.50. The first kappa shape index (κ1) is 14.7. The molecular weight excluding hydrogens is 296 g/mol. The number of nitrogens with zero attached hydrogens (tertiary/aromatic N) is 1. The van der Waals surface area contributed by atoms with Crippen LogP contribution in [0, 0.1) is 11.3 Å². The largest absolute Gasteiger partial charge is 0.489 e. The minimum absolute atomic E-state index is 0.139. The number of nitriles is 1. The summed E-state index contributed by atoms with van der Waals surface area (Å²) < 4.78 is 6.23. The Labute approximate surface area is 115 Å². The van der Waals surface area contributed by atoms with Crippen LogP contribution in [-0.2, 0) is 0 Å². The Morgan fingerprint density at radius 1 is 1.56 bits per heavy atom. The number of para-hydroxylation sites is 1. The number of halogens is 1. The third-order valence-corrected chi connectivity index (χ3v) is 2.42. The van der Waals surface area contributed by atoms with Crippen LogP contribution >= 0.6 is 15.9 Å². The summed E-state index contributed by atoms with van der Waals surface area (Å²) in [6.45, 7) is 4.80. The second-order valence-corrected chi connectivity index (χ2v) is 4.84. The van der Waals surface area contributed by atoms with Crippen LogP contribution in [0.25, 0.3) is 0 Å². The summed E-state index contributed by atoms with van der Waals surface area (Å²) in [6, 6.07) is 8.98. The molecule has 0 aliphatic rings. The SMILES string of the molecule is C=C(Br)CNCC(O)COc1ccccc1C#N. The monoisotopic (exact) mass is 310 g/mol. The lowest BCUT2D eigenvalue weighted by Crippen LogP contribution is -2.32. The maximum absolute atomic E-state index is 9.67. The van der Waals surface area contributed by atoms with Gasteiger partial charge in [0.25, 0.3) is 0 Å². The fraction of sp³-hybridized carbons (Fsp3) is 0.308. The van der Waals surface area contributed by atoms with Crippen molar-refractivity contribution in [2.24, 2.45) is 0 Å². The van der Waals surface area contributed by atoms with Crippen LogP contribution in [0.1, 0.15) is 5.56 Å². The Morgan fingerprint density at radius 3 is 2.94 bits per heavy atom. The highest BCUT2D eigenvalue weighted by atomic mass is 79.9. The van der Waals surface area contributed by atoms with Crippen LogP contribution in [0.3, 0.4) is 0 Å². The number of hydrogen-bond donors (Lipinski definition) is 2. The van der Waals surface area contributed by atoms with Crippen LogP contribution in [0.5, 0.6) is 5.75 Å². The average molecular weight is 311 g/mol. The predicted molar refractivity (Wildman–Crippen MR) is 73.6 cm³/mol. The number of aliphatic hydroxyl groups is 1. The molecule has 0 fully saturated rings. The number of ether oxygens (including phenoxy) is 1. The zero-order chi connectivity index (χ0) is 13.4. The molecule has 0 saturated carbocycles. The molecule has 0 spiro atoms. The van der Waals surface area contributed by atoms with Gasteiger partial charge in [-0.25, -0.2) is 0 Å². The van der Waals surface area contributed by atoms with Gasteiger partial charge in [0, 0.05) is 17.6 Å². The summed E-state index contributed by atoms with van der Waals surface area (Å²) >= 11 is 3.21. The Kier molecular flexibility index (Phi) is 6.44. The Balaban J connectivity index is 2.36. The van der Waals surface area contributed by atoms with Crippen molar-refractivity contribution in [2.75, 3.05) is 19.7 Å². The van der Waals surface area contributed by atoms with Gasteiger partial charge in [-0.1, -0.05) is 34.6 Å². The molecule has 0 aliphatic heterocycles. The van der Waals surface area contributed by atoms with E-state index in [2.05, 4.69) is 27.8 Å². The maximum Gasteiger partial charge on any atom is 0.137 e. The van der Waals surface area contributed by atoms with Crippen molar-refractivity contribution in [2.45, 2.75) is 6.10 Å². The molecule has 1 aromatic rings. The highest BCUT2D eigenvalue weighted by molar-refractivity contribution is 9.11. The Hall–Kier alpha value is -1.35. The van der Waals surface area contributed by atoms with Crippen LogP contribution in [0.4, 0.5) is 0 Å². The predicted octanol–water partition coefficient (Wildman–Crippen LogP) is 1.80. The molecule has 0 saturated heterocycles. The van der Waals surface area contributed by atoms with Crippen molar-refractivity contribution >= 4 is 15.9 Å². The van der Waals surface area contributed by atoms with Gasteiger partial charge in [-0.3, -0.25) is 0 Å². The van der Waals surface area contributed by atoms with Crippen LogP contribution in [0.15, 0.2) is 35.3 Å². The normalized spacial score (nSPS) is 11.6. The van der Waals surface area contributed by atoms with E-state index in [1.807, 2.05) is 6.07 Å². The van der Waals surface area contributed by atoms with Gasteiger partial charge in [-0.15, -0.1) is 0 Å². The van der Waals surface area contributed by atoms with E-state index in [-0.39, 0.29) is 6.61 Å². The van der Waals surface area contributed by atoms with Gasteiger partial charge in [0.2, 0.25) is 0 Å². The second-order valence-electron chi connectivity index (χ2n) is 3.72. The lowest BCUT2D eigenvalue weighted by molar-refractivity contribution is 0.107. The van der Waals surface area contributed by atoms with Crippen LogP contribution < -0.4 is 10.1 Å². The summed E-state index contributed by atoms with van der Waals surface area (Å²) in [6.07, 6.45) is -0.636. The first-order valence-electron chi connectivity index (χ1n) is 5.47. The van der Waals surface area contributed by atoms with E-state index in [4.69, 9.17) is 10.00 Å². The molecule has 5 heteroatoms. The molecular formula is C13H15BrN2O2. The summed E-state index contributed by atoms with van der Waals surface area (Å²) in [5.74, 6) is 0.490. The van der Waals surface area contributed by atoms with Crippen molar-refractivity contribution in [3.05, 3.63) is 40.9 Å². The molecule has 0 heterocycles. The second kappa shape index (κ2) is 7.88. The summed E-state index contributed by atoms with van der Waals surface area (Å²) in [5, 5.41) is 21.5. The van der Waals surface area contributed by atoms with Crippen molar-refractivity contribution in [1.82, 2.24) is 5.32 Å². The average Bonchev–Trinajstić information content (AvgIpc) is 2.36. The Morgan fingerprint density at radius 2 is 2.28 bits per heavy atom. The molecule has 0 amide bonds. The lowest BCUT2D eigenvalue weighted by Gasteiger charge is -2.13. The zero-order valence-corrected chi connectivity index (χ0v) is 11.5. The third kappa shape index (κ3) is 5.32. The number of nitrogens with one attached hydrogen (secondary N) is 1. The van der Waals surface area contributed by atoms with Crippen molar-refractivity contribution in [3.63, 3.8) is 0 Å². The van der Waals surface area contributed by atoms with Gasteiger partial charge >= 0.3 is 0 Å². The van der Waals surface area contributed by atoms with Gasteiger partial charge in [0.15, 0.2) is 0 Å². The number of aliphatic hydroxyl groups excluding tert-OH is 1. The highest BCUT2D eigenvalue weighted by Crippen LogP contribution is 2.16. The van der Waals surface area contributed by atoms with Gasteiger partial charge < -0.3 is 15.2 Å². The number of benzene rings is 1. The van der Waals surface area contributed by atoms with Gasteiger partial charge in [-0.05, 0) is 12.1 Å². The van der Waals surface area contributed by atoms with E-state index in [9.17, 15) is 5.11 Å². The summed E-state index contributed by atoms with van der Waals surface area (Å²) in [4.78, 5) is 0. The highest BCUT2D eigenvalue weighted by Gasteiger charge is 2.07. The van der Waals surface area contributed by atoms with E-state index in [0.717, 1.165) is 4.48 Å². The summed E-state index contributed by atoms with van der Waals surface area (Å²) in [7, 11) is 0. The van der Waals surface area contributed by atoms with E-state index in [1.54, 1.807) is 24.3 Å². The number of rotatable bonds is 7. The molecule has 1 aromatic carbocycles. The Bertz CT molecular complexity index is 443. The molecule has 18 heavy (non-hydrogen) atoms. The first-order chi connectivity index (χ1) is 8.63. The maximum atomic E-state index is 9.67. The molecule has 0 radical (unpaired) electrons. The molecule has 0 bridgehead atoms. The topological polar surface area (TPSA) is 65.3 Å². The van der Waals surface area contributed by atoms with Crippen LogP contribution in [-0.4, -0.2) is 30.9 Å². The molecule has 96 valence electrons. The number of hydrogen-bond acceptors (Lipinski definition) is 4. The smallest absolute Gasteiger partial charge is 0.137 e. The minimum atomic E-state index is -0.636. The molecule has 4 nitrogen and oxygen atoms in total. The van der Waals surface area contributed by atoms with Crippen LogP contribution in [0.2, 0.25) is 0 Å². The van der Waals surface area contributed by atoms with Gasteiger partial charge in [0.05, 0.1) is 5.56 Å². The molecule has 0 aliphatic carbocycles. The standard InChI is InChI=1S/C13H15BrN2O2/c1-10(14)7-16-8-12(17)9-18-13-5-3-2-4-11(13)6-15/h2-5,12,16-17H,1,7-9H2. The molecule has 1 unspecified atom stereocenters. The minimum Gasteiger partial charge on any atom is -0.489 e. The fourth-order valence-electron chi connectivity index (χ4n) is 1.30. The summed E-state index contributed by atoms with van der Waals surface area (Å²) in [5.41, 5.74) is 0.464. The van der Waals surface area contributed by atoms with E-state index in [1.165, 1.54) is 0 Å². The van der Waals surface area contributed by atoms with Crippen molar-refractivity contribution < 1.29 is 9.84 Å². The van der Waals surface area contributed by atoms with Crippen molar-refractivity contribution in [3.8, 4) is 11.8 Å². The van der Waals surface area contributed by atoms with E-state index in [0.29, 0.717) is 24.4 Å². The van der Waals surface area contributed by atoms with E-state index >= 15 is 0 Å². The molecule has 0 aromatic heterocycles. The quantitative estimate of drug-likeness (QED) is 0.806. The molecule has 1 rings (SSSR count). The molecule has 1 atom stereocenters. The third-order valence-electron chi connectivity index (χ3n) is 2.14. The first-order valence-corrected chi connectivity index (χ1v) is 6.26. The zero-order valence-electron chi connectivity index (χ0n) is 9.90. The van der Waals surface area contributed by atoms with Gasteiger partial charge in [0.1, 0.15) is 24.5 Å². The van der Waals surface area contributed by atoms with Crippen molar-refractivity contribution in [1.29, 1.82) is 5.26 Å². The lowest BCUT2D eigenvalue weighted by atomic mass is 10.2. The van der Waals surface area contributed by atoms with Gasteiger partial charge in [-0.2, -0.15) is 5.26 Å². The molecule has 2 N–H and O–H groups in total. The van der Waals surface area contributed by atoms with E-state index < -0.39 is 6.10 Å².